The fourth-order valence-electron chi connectivity index (χ4n) is 2.57. The Morgan fingerprint density at radius 2 is 2.08 bits per heavy atom. The Bertz CT molecular complexity index is 886. The van der Waals surface area contributed by atoms with Crippen molar-refractivity contribution in [1.82, 2.24) is 0 Å². The number of hydrogen-bond acceptors (Lipinski definition) is 5. The summed E-state index contributed by atoms with van der Waals surface area (Å²) in [5.41, 5.74) is -0.0362. The van der Waals surface area contributed by atoms with Crippen molar-refractivity contribution in [1.29, 1.82) is 0 Å². The highest BCUT2D eigenvalue weighted by Gasteiger charge is 2.25. The van der Waals surface area contributed by atoms with E-state index in [9.17, 15) is 24.1 Å². The molecule has 0 spiro atoms. The summed E-state index contributed by atoms with van der Waals surface area (Å²) in [6, 6.07) is 10.1. The first-order valence-corrected chi connectivity index (χ1v) is 7.71. The summed E-state index contributed by atoms with van der Waals surface area (Å²) < 4.78 is 18.6. The molecule has 134 valence electrons. The van der Waals surface area contributed by atoms with Crippen molar-refractivity contribution in [3.63, 3.8) is 0 Å². The number of anilines is 2. The maximum atomic E-state index is 13.3. The Labute approximate surface area is 147 Å². The molecule has 2 amide bonds. The lowest BCUT2D eigenvalue weighted by Crippen LogP contribution is -2.40. The molecule has 0 bridgehead atoms. The lowest BCUT2D eigenvalue weighted by Gasteiger charge is -2.29. The Balaban J connectivity index is 1.66. The molecule has 0 fully saturated rings. The molecule has 1 aliphatic rings. The fourth-order valence-corrected chi connectivity index (χ4v) is 2.57. The van der Waals surface area contributed by atoms with Crippen molar-refractivity contribution in [3.05, 3.63) is 58.4 Å². The van der Waals surface area contributed by atoms with Crippen molar-refractivity contribution in [2.45, 2.75) is 6.42 Å². The number of nitro groups is 1. The zero-order valence-electron chi connectivity index (χ0n) is 13.5. The summed E-state index contributed by atoms with van der Waals surface area (Å²) in [5, 5.41) is 13.2. The second kappa shape index (κ2) is 7.18. The zero-order chi connectivity index (χ0) is 18.7. The van der Waals surface area contributed by atoms with Crippen LogP contribution in [-0.2, 0) is 9.59 Å². The third-order valence-corrected chi connectivity index (χ3v) is 3.80. The van der Waals surface area contributed by atoms with Gasteiger partial charge in [0.05, 0.1) is 10.6 Å². The molecule has 0 aliphatic carbocycles. The number of rotatable bonds is 5. The number of hydrogen-bond donors (Lipinski definition) is 1. The van der Waals surface area contributed by atoms with E-state index in [1.54, 1.807) is 24.3 Å². The normalized spacial score (nSPS) is 13.0. The van der Waals surface area contributed by atoms with Gasteiger partial charge in [0.25, 0.3) is 5.91 Å². The highest BCUT2D eigenvalue weighted by molar-refractivity contribution is 5.99. The first kappa shape index (κ1) is 17.3. The molecule has 1 N–H and O–H groups in total. The van der Waals surface area contributed by atoms with E-state index in [0.717, 1.165) is 12.1 Å². The van der Waals surface area contributed by atoms with Crippen molar-refractivity contribution in [2.75, 3.05) is 23.4 Å². The third-order valence-electron chi connectivity index (χ3n) is 3.80. The lowest BCUT2D eigenvalue weighted by atomic mass is 10.2. The van der Waals surface area contributed by atoms with Crippen LogP contribution in [-0.4, -0.2) is 29.9 Å². The Morgan fingerprint density at radius 1 is 1.31 bits per heavy atom. The van der Waals surface area contributed by atoms with Crippen molar-refractivity contribution in [2.24, 2.45) is 0 Å². The van der Waals surface area contributed by atoms with E-state index in [2.05, 4.69) is 5.32 Å². The molecule has 0 unspecified atom stereocenters. The number of ether oxygens (including phenoxy) is 1. The van der Waals surface area contributed by atoms with E-state index in [-0.39, 0.29) is 31.2 Å². The minimum atomic E-state index is -0.983. The monoisotopic (exact) mass is 359 g/mol. The van der Waals surface area contributed by atoms with Crippen LogP contribution in [0.5, 0.6) is 5.75 Å². The van der Waals surface area contributed by atoms with Crippen LogP contribution in [0, 0.1) is 15.9 Å². The molecule has 2 aromatic rings. The average Bonchev–Trinajstić information content (AvgIpc) is 2.62. The molecule has 9 heteroatoms. The number of nitrogens with zero attached hydrogens (tertiary/aromatic N) is 2. The smallest absolute Gasteiger partial charge is 0.306 e. The largest absolute Gasteiger partial charge is 0.482 e. The number of nitrogens with one attached hydrogen (secondary N) is 1. The Morgan fingerprint density at radius 3 is 2.85 bits per heavy atom. The molecule has 0 saturated carbocycles. The number of benzene rings is 2. The van der Waals surface area contributed by atoms with Crippen LogP contribution < -0.4 is 15.0 Å². The Hall–Kier alpha value is -3.49. The summed E-state index contributed by atoms with van der Waals surface area (Å²) in [7, 11) is 0. The van der Waals surface area contributed by atoms with Crippen LogP contribution in [0.2, 0.25) is 0 Å². The zero-order valence-corrected chi connectivity index (χ0v) is 13.5. The summed E-state index contributed by atoms with van der Waals surface area (Å²) >= 11 is 0. The van der Waals surface area contributed by atoms with Crippen LogP contribution >= 0.6 is 0 Å². The van der Waals surface area contributed by atoms with Gasteiger partial charge in [0.2, 0.25) is 11.7 Å². The number of carbonyl (C=O) groups is 2. The van der Waals surface area contributed by atoms with Gasteiger partial charge in [-0.2, -0.15) is 4.39 Å². The van der Waals surface area contributed by atoms with Crippen LogP contribution in [0.3, 0.4) is 0 Å². The molecular formula is C17H14FN3O5. The van der Waals surface area contributed by atoms with Crippen LogP contribution in [0.25, 0.3) is 0 Å². The van der Waals surface area contributed by atoms with E-state index in [1.165, 1.54) is 11.0 Å². The third kappa shape index (κ3) is 3.61. The van der Waals surface area contributed by atoms with E-state index in [1.807, 2.05) is 0 Å². The van der Waals surface area contributed by atoms with Gasteiger partial charge in [-0.15, -0.1) is 0 Å². The fraction of sp³-hybridized carbons (Fsp3) is 0.176. The molecule has 0 radical (unpaired) electrons. The average molecular weight is 359 g/mol. The number of carbonyl (C=O) groups excluding carboxylic acids is 2. The van der Waals surface area contributed by atoms with Crippen molar-refractivity contribution < 1.29 is 23.6 Å². The molecule has 3 rings (SSSR count). The minimum Gasteiger partial charge on any atom is -0.482 e. The summed E-state index contributed by atoms with van der Waals surface area (Å²) in [6.45, 7) is 0.0110. The molecule has 0 saturated heterocycles. The molecule has 1 heterocycles. The van der Waals surface area contributed by atoms with E-state index >= 15 is 0 Å². The quantitative estimate of drug-likeness (QED) is 0.653. The second-order valence-electron chi connectivity index (χ2n) is 5.52. The number of amides is 2. The second-order valence-corrected chi connectivity index (χ2v) is 5.52. The summed E-state index contributed by atoms with van der Waals surface area (Å²) in [4.78, 5) is 35.5. The van der Waals surface area contributed by atoms with Crippen LogP contribution in [0.4, 0.5) is 21.5 Å². The van der Waals surface area contributed by atoms with Gasteiger partial charge >= 0.3 is 5.69 Å². The molecule has 0 aromatic heterocycles. The molecular weight excluding hydrogens is 345 g/mol. The van der Waals surface area contributed by atoms with Crippen molar-refractivity contribution in [3.8, 4) is 5.75 Å². The van der Waals surface area contributed by atoms with E-state index in [4.69, 9.17) is 4.74 Å². The van der Waals surface area contributed by atoms with Gasteiger partial charge in [-0.05, 0) is 24.3 Å². The summed E-state index contributed by atoms with van der Waals surface area (Å²) in [6.07, 6.45) is -0.0365. The van der Waals surface area contributed by atoms with Gasteiger partial charge in [0.1, 0.15) is 5.75 Å². The van der Waals surface area contributed by atoms with E-state index < -0.39 is 22.3 Å². The van der Waals surface area contributed by atoms with Gasteiger partial charge in [-0.25, -0.2) is 0 Å². The predicted octanol–water partition coefficient (Wildman–Crippen LogP) is 2.49. The predicted molar refractivity (Wildman–Crippen MR) is 90.6 cm³/mol. The molecule has 1 aliphatic heterocycles. The Kier molecular flexibility index (Phi) is 4.78. The van der Waals surface area contributed by atoms with E-state index in [0.29, 0.717) is 11.4 Å². The van der Waals surface area contributed by atoms with Crippen molar-refractivity contribution >= 4 is 28.9 Å². The topological polar surface area (TPSA) is 102 Å². The van der Waals surface area contributed by atoms with Gasteiger partial charge in [-0.3, -0.25) is 19.7 Å². The first-order valence-electron chi connectivity index (χ1n) is 7.71. The lowest BCUT2D eigenvalue weighted by molar-refractivity contribution is -0.387. The van der Waals surface area contributed by atoms with Gasteiger partial charge < -0.3 is 15.0 Å². The highest BCUT2D eigenvalue weighted by Crippen LogP contribution is 2.31. The van der Waals surface area contributed by atoms with Crippen LogP contribution in [0.1, 0.15) is 6.42 Å². The number of para-hydroxylation sites is 2. The number of nitro benzene ring substituents is 1. The maximum Gasteiger partial charge on any atom is 0.306 e. The molecule has 26 heavy (non-hydrogen) atoms. The molecule has 0 atom stereocenters. The molecule has 2 aromatic carbocycles. The number of fused-ring (bicyclic) bond motifs is 1. The van der Waals surface area contributed by atoms with Gasteiger partial charge in [0, 0.05) is 24.7 Å². The van der Waals surface area contributed by atoms with Gasteiger partial charge in [0.15, 0.2) is 6.61 Å². The maximum absolute atomic E-state index is 13.3. The standard InChI is InChI=1S/C17H14FN3O5/c18-12-6-5-11(9-14(12)21(24)25)19-16(22)7-8-20-13-3-1-2-4-15(13)26-10-17(20)23/h1-6,9H,7-8,10H2,(H,19,22). The van der Waals surface area contributed by atoms with Crippen LogP contribution in [0.15, 0.2) is 42.5 Å². The summed E-state index contributed by atoms with van der Waals surface area (Å²) in [5.74, 6) is -1.15. The first-order chi connectivity index (χ1) is 12.5. The molecule has 8 nitrogen and oxygen atoms in total. The van der Waals surface area contributed by atoms with Gasteiger partial charge in [-0.1, -0.05) is 12.1 Å². The number of halogens is 1. The SMILES string of the molecule is O=C(CCN1C(=O)COc2ccccc21)Nc1ccc(F)c([N+](=O)[O-])c1. The minimum absolute atomic E-state index is 0.0365. The highest BCUT2D eigenvalue weighted by atomic mass is 19.1.